The number of hydrogen-bond donors (Lipinski definition) is 1. The van der Waals surface area contributed by atoms with Crippen LogP contribution in [0.4, 0.5) is 0 Å². The zero-order valence-corrected chi connectivity index (χ0v) is 12.3. The van der Waals surface area contributed by atoms with Crippen molar-refractivity contribution in [2.24, 2.45) is 0 Å². The second kappa shape index (κ2) is 6.98. The molecule has 0 aliphatic carbocycles. The van der Waals surface area contributed by atoms with Gasteiger partial charge in [-0.2, -0.15) is 5.26 Å². The van der Waals surface area contributed by atoms with E-state index >= 15 is 0 Å². The Morgan fingerprint density at radius 2 is 2.00 bits per heavy atom. The van der Waals surface area contributed by atoms with Crippen LogP contribution in [0.3, 0.4) is 0 Å². The standard InChI is InChI=1S/C15H10Cl2N2O2/c16-13-4-1-5-14(17)12(13)7-10(8-18)15(20)19-9-11-3-2-6-21-11/h1-7H,9H2,(H,19,20)/b10-7-. The van der Waals surface area contributed by atoms with Crippen LogP contribution in [0.2, 0.25) is 10.0 Å². The number of carbonyl (C=O) groups is 1. The second-order valence-electron chi connectivity index (χ2n) is 4.07. The molecule has 0 aliphatic heterocycles. The smallest absolute Gasteiger partial charge is 0.262 e. The molecule has 0 saturated carbocycles. The molecule has 0 spiro atoms. The third-order valence-corrected chi connectivity index (χ3v) is 3.32. The fraction of sp³-hybridized carbons (Fsp3) is 0.0667. The number of benzene rings is 1. The molecule has 106 valence electrons. The van der Waals surface area contributed by atoms with Crippen molar-refractivity contribution in [2.75, 3.05) is 0 Å². The van der Waals surface area contributed by atoms with Gasteiger partial charge in [0.1, 0.15) is 17.4 Å². The summed E-state index contributed by atoms with van der Waals surface area (Å²) in [5.74, 6) is 0.0707. The van der Waals surface area contributed by atoms with E-state index in [4.69, 9.17) is 32.9 Å². The molecule has 0 unspecified atom stereocenters. The predicted molar refractivity (Wildman–Crippen MR) is 80.6 cm³/mol. The van der Waals surface area contributed by atoms with Crippen LogP contribution >= 0.6 is 23.2 Å². The lowest BCUT2D eigenvalue weighted by atomic mass is 10.1. The molecule has 1 amide bonds. The first-order valence-corrected chi connectivity index (χ1v) is 6.74. The zero-order valence-electron chi connectivity index (χ0n) is 10.8. The van der Waals surface area contributed by atoms with E-state index in [2.05, 4.69) is 5.32 Å². The van der Waals surface area contributed by atoms with Gasteiger partial charge in [0.25, 0.3) is 5.91 Å². The molecule has 4 nitrogen and oxygen atoms in total. The van der Waals surface area contributed by atoms with Gasteiger partial charge in [-0.1, -0.05) is 29.3 Å². The number of hydrogen-bond acceptors (Lipinski definition) is 3. The number of rotatable bonds is 4. The highest BCUT2D eigenvalue weighted by molar-refractivity contribution is 6.37. The summed E-state index contributed by atoms with van der Waals surface area (Å²) in [7, 11) is 0. The molecule has 21 heavy (non-hydrogen) atoms. The number of halogens is 2. The summed E-state index contributed by atoms with van der Waals surface area (Å²) in [6.45, 7) is 0.196. The fourth-order valence-corrected chi connectivity index (χ4v) is 2.12. The minimum absolute atomic E-state index is 0.0865. The third kappa shape index (κ3) is 3.88. The highest BCUT2D eigenvalue weighted by Gasteiger charge is 2.12. The van der Waals surface area contributed by atoms with Crippen LogP contribution in [-0.2, 0) is 11.3 Å². The Hall–Kier alpha value is -2.22. The Balaban J connectivity index is 2.17. The number of nitrogens with one attached hydrogen (secondary N) is 1. The number of nitrogens with zero attached hydrogens (tertiary/aromatic N) is 1. The van der Waals surface area contributed by atoms with Crippen molar-refractivity contribution in [3.8, 4) is 6.07 Å². The third-order valence-electron chi connectivity index (χ3n) is 2.66. The normalized spacial score (nSPS) is 11.0. The quantitative estimate of drug-likeness (QED) is 0.688. The fourth-order valence-electron chi connectivity index (χ4n) is 1.62. The van der Waals surface area contributed by atoms with E-state index in [1.165, 1.54) is 12.3 Å². The van der Waals surface area contributed by atoms with Gasteiger partial charge in [-0.15, -0.1) is 0 Å². The summed E-state index contributed by atoms with van der Waals surface area (Å²) < 4.78 is 5.09. The van der Waals surface area contributed by atoms with E-state index in [9.17, 15) is 4.79 Å². The van der Waals surface area contributed by atoms with E-state index in [1.54, 1.807) is 30.3 Å². The van der Waals surface area contributed by atoms with Crippen molar-refractivity contribution < 1.29 is 9.21 Å². The minimum Gasteiger partial charge on any atom is -0.467 e. The van der Waals surface area contributed by atoms with Crippen molar-refractivity contribution in [1.82, 2.24) is 5.32 Å². The monoisotopic (exact) mass is 320 g/mol. The molecule has 0 fully saturated rings. The van der Waals surface area contributed by atoms with Gasteiger partial charge in [0, 0.05) is 15.6 Å². The van der Waals surface area contributed by atoms with Gasteiger partial charge in [0.15, 0.2) is 0 Å². The van der Waals surface area contributed by atoms with E-state index in [-0.39, 0.29) is 12.1 Å². The van der Waals surface area contributed by atoms with Crippen LogP contribution in [0, 0.1) is 11.3 Å². The summed E-state index contributed by atoms with van der Waals surface area (Å²) in [5.41, 5.74) is 0.349. The molecule has 0 radical (unpaired) electrons. The summed E-state index contributed by atoms with van der Waals surface area (Å²) in [6, 6.07) is 10.2. The average Bonchev–Trinajstić information content (AvgIpc) is 2.98. The molecule has 0 saturated heterocycles. The van der Waals surface area contributed by atoms with Gasteiger partial charge in [-0.05, 0) is 30.3 Å². The Morgan fingerprint density at radius 1 is 1.29 bits per heavy atom. The second-order valence-corrected chi connectivity index (χ2v) is 4.88. The van der Waals surface area contributed by atoms with Gasteiger partial charge in [-0.25, -0.2) is 0 Å². The van der Waals surface area contributed by atoms with Gasteiger partial charge in [-0.3, -0.25) is 4.79 Å². The topological polar surface area (TPSA) is 66.0 Å². The molecular weight excluding hydrogens is 311 g/mol. The van der Waals surface area contributed by atoms with Crippen molar-refractivity contribution in [3.63, 3.8) is 0 Å². The highest BCUT2D eigenvalue weighted by atomic mass is 35.5. The predicted octanol–water partition coefficient (Wildman–Crippen LogP) is 3.81. The molecule has 1 heterocycles. The first kappa shape index (κ1) is 15.2. The Bertz CT molecular complexity index is 696. The average molecular weight is 321 g/mol. The van der Waals surface area contributed by atoms with E-state index in [0.717, 1.165) is 0 Å². The van der Waals surface area contributed by atoms with Gasteiger partial charge in [0.05, 0.1) is 12.8 Å². The molecule has 6 heteroatoms. The largest absolute Gasteiger partial charge is 0.467 e. The van der Waals surface area contributed by atoms with Crippen LogP contribution in [0.1, 0.15) is 11.3 Å². The van der Waals surface area contributed by atoms with Crippen molar-refractivity contribution in [3.05, 3.63) is 63.5 Å². The summed E-state index contributed by atoms with van der Waals surface area (Å²) in [5, 5.41) is 12.4. The molecule has 0 bridgehead atoms. The SMILES string of the molecule is N#C/C(=C/c1c(Cl)cccc1Cl)C(=O)NCc1ccco1. The lowest BCUT2D eigenvalue weighted by Crippen LogP contribution is -2.23. The molecule has 2 aromatic rings. The minimum atomic E-state index is -0.523. The highest BCUT2D eigenvalue weighted by Crippen LogP contribution is 2.26. The van der Waals surface area contributed by atoms with E-state index in [1.807, 2.05) is 6.07 Å². The van der Waals surface area contributed by atoms with Gasteiger partial charge < -0.3 is 9.73 Å². The zero-order chi connectivity index (χ0) is 15.2. The number of carbonyl (C=O) groups excluding carboxylic acids is 1. The molecular formula is C15H10Cl2N2O2. The van der Waals surface area contributed by atoms with Crippen LogP contribution in [0.25, 0.3) is 6.08 Å². The van der Waals surface area contributed by atoms with E-state index < -0.39 is 5.91 Å². The number of nitriles is 1. The number of amides is 1. The van der Waals surface area contributed by atoms with Crippen LogP contribution < -0.4 is 5.32 Å². The lowest BCUT2D eigenvalue weighted by Gasteiger charge is -2.04. The Kier molecular flexibility index (Phi) is 5.04. The molecule has 1 aromatic carbocycles. The van der Waals surface area contributed by atoms with Crippen molar-refractivity contribution in [1.29, 1.82) is 5.26 Å². The molecule has 0 aliphatic rings. The first-order valence-electron chi connectivity index (χ1n) is 5.98. The van der Waals surface area contributed by atoms with Crippen molar-refractivity contribution in [2.45, 2.75) is 6.54 Å². The Morgan fingerprint density at radius 3 is 2.57 bits per heavy atom. The number of furan rings is 1. The summed E-state index contributed by atoms with van der Waals surface area (Å²) in [6.07, 6.45) is 2.87. The summed E-state index contributed by atoms with van der Waals surface area (Å²) in [4.78, 5) is 12.0. The maximum Gasteiger partial charge on any atom is 0.262 e. The lowest BCUT2D eigenvalue weighted by molar-refractivity contribution is -0.117. The van der Waals surface area contributed by atoms with Crippen LogP contribution in [-0.4, -0.2) is 5.91 Å². The van der Waals surface area contributed by atoms with Crippen LogP contribution in [0.15, 0.2) is 46.6 Å². The van der Waals surface area contributed by atoms with Gasteiger partial charge in [0.2, 0.25) is 0 Å². The maximum atomic E-state index is 12.0. The molecule has 0 atom stereocenters. The molecule has 1 aromatic heterocycles. The molecule has 1 N–H and O–H groups in total. The maximum absolute atomic E-state index is 12.0. The summed E-state index contributed by atoms with van der Waals surface area (Å²) >= 11 is 12.0. The van der Waals surface area contributed by atoms with Crippen molar-refractivity contribution >= 4 is 35.2 Å². The first-order chi connectivity index (χ1) is 10.1. The van der Waals surface area contributed by atoms with Crippen LogP contribution in [0.5, 0.6) is 0 Å². The Labute approximate surface area is 131 Å². The molecule has 2 rings (SSSR count). The van der Waals surface area contributed by atoms with E-state index in [0.29, 0.717) is 21.4 Å². The van der Waals surface area contributed by atoms with Gasteiger partial charge >= 0.3 is 0 Å².